The molecule has 5 heteroatoms. The minimum absolute atomic E-state index is 0.0181. The molecule has 0 spiro atoms. The van der Waals surface area contributed by atoms with Crippen molar-refractivity contribution in [3.8, 4) is 5.69 Å². The van der Waals surface area contributed by atoms with Crippen LogP contribution < -0.4 is 5.32 Å². The lowest BCUT2D eigenvalue weighted by Gasteiger charge is -2.29. The summed E-state index contributed by atoms with van der Waals surface area (Å²) in [5.41, 5.74) is 4.21. The topological polar surface area (TPSA) is 37.3 Å². The van der Waals surface area contributed by atoms with E-state index in [1.165, 1.54) is 0 Å². The lowest BCUT2D eigenvalue weighted by atomic mass is 10.1. The molecule has 2 aromatic carbocycles. The first-order valence-electron chi connectivity index (χ1n) is 8.76. The first-order chi connectivity index (χ1) is 12.7. The number of benzene rings is 2. The van der Waals surface area contributed by atoms with E-state index in [9.17, 15) is 4.79 Å². The minimum atomic E-state index is -0.0839. The van der Waals surface area contributed by atoms with Gasteiger partial charge in [0.25, 0.3) is 0 Å². The number of nitrogens with one attached hydrogen (secondary N) is 1. The molecule has 0 radical (unpaired) electrons. The molecule has 1 N–H and O–H groups in total. The number of urea groups is 1. The van der Waals surface area contributed by atoms with E-state index >= 15 is 0 Å². The summed E-state index contributed by atoms with van der Waals surface area (Å²) < 4.78 is 3.15. The van der Waals surface area contributed by atoms with Gasteiger partial charge in [0.1, 0.15) is 0 Å². The number of amides is 2. The summed E-state index contributed by atoms with van der Waals surface area (Å²) >= 11 is 3.46. The maximum atomic E-state index is 13.1. The zero-order chi connectivity index (χ0) is 18.1. The average molecular weight is 410 g/mol. The molecular weight excluding hydrogens is 390 g/mol. The second-order valence-corrected chi connectivity index (χ2v) is 7.34. The third kappa shape index (κ3) is 3.03. The molecule has 1 atom stereocenters. The van der Waals surface area contributed by atoms with Crippen LogP contribution in [-0.4, -0.2) is 15.5 Å². The molecule has 1 aliphatic rings. The number of aromatic nitrogens is 1. The summed E-state index contributed by atoms with van der Waals surface area (Å²) in [6, 6.07) is 20.0. The second kappa shape index (κ2) is 7.00. The normalized spacial score (nSPS) is 15.8. The van der Waals surface area contributed by atoms with Crippen molar-refractivity contribution < 1.29 is 4.79 Å². The number of hydrogen-bond acceptors (Lipinski definition) is 1. The van der Waals surface area contributed by atoms with E-state index in [1.54, 1.807) is 0 Å². The Morgan fingerprint density at radius 1 is 1.15 bits per heavy atom. The van der Waals surface area contributed by atoms with Gasteiger partial charge in [0.15, 0.2) is 0 Å². The predicted octanol–water partition coefficient (Wildman–Crippen LogP) is 5.74. The summed E-state index contributed by atoms with van der Waals surface area (Å²) in [5.74, 6) is 0. The second-order valence-electron chi connectivity index (χ2n) is 6.42. The van der Waals surface area contributed by atoms with Crippen molar-refractivity contribution >= 4 is 27.6 Å². The smallest absolute Gasteiger partial charge is 0.318 e. The van der Waals surface area contributed by atoms with Crippen LogP contribution in [0.4, 0.5) is 10.5 Å². The monoisotopic (exact) mass is 409 g/mol. The summed E-state index contributed by atoms with van der Waals surface area (Å²) in [5, 5.41) is 3.05. The van der Waals surface area contributed by atoms with Crippen molar-refractivity contribution in [2.75, 3.05) is 5.32 Å². The molecule has 0 aliphatic carbocycles. The molecule has 4 rings (SSSR count). The van der Waals surface area contributed by atoms with E-state index in [0.717, 1.165) is 33.5 Å². The highest BCUT2D eigenvalue weighted by atomic mass is 79.9. The van der Waals surface area contributed by atoms with Gasteiger partial charge in [0.05, 0.1) is 18.3 Å². The minimum Gasteiger partial charge on any atom is -0.318 e. The van der Waals surface area contributed by atoms with E-state index < -0.39 is 0 Å². The number of carbonyl (C=O) groups excluding carboxylic acids is 1. The molecule has 1 aromatic heterocycles. The molecule has 0 saturated heterocycles. The average Bonchev–Trinajstić information content (AvgIpc) is 3.06. The van der Waals surface area contributed by atoms with Crippen LogP contribution in [0, 0.1) is 0 Å². The van der Waals surface area contributed by atoms with Crippen LogP contribution in [-0.2, 0) is 6.54 Å². The summed E-state index contributed by atoms with van der Waals surface area (Å²) in [6.07, 6.45) is 2.93. The third-order valence-corrected chi connectivity index (χ3v) is 5.31. The Morgan fingerprint density at radius 2 is 2.00 bits per heavy atom. The van der Waals surface area contributed by atoms with Crippen LogP contribution in [0.25, 0.3) is 5.69 Å². The Bertz CT molecular complexity index is 950. The van der Waals surface area contributed by atoms with Crippen molar-refractivity contribution in [1.29, 1.82) is 0 Å². The van der Waals surface area contributed by atoms with Gasteiger partial charge in [-0.2, -0.15) is 0 Å². The van der Waals surface area contributed by atoms with Gasteiger partial charge >= 0.3 is 6.03 Å². The summed E-state index contributed by atoms with van der Waals surface area (Å²) in [6.45, 7) is 2.70. The van der Waals surface area contributed by atoms with Crippen LogP contribution in [0.15, 0.2) is 71.3 Å². The largest absolute Gasteiger partial charge is 0.322 e. The summed E-state index contributed by atoms with van der Waals surface area (Å²) in [4.78, 5) is 15.1. The molecule has 0 fully saturated rings. The Morgan fingerprint density at radius 3 is 2.81 bits per heavy atom. The van der Waals surface area contributed by atoms with Gasteiger partial charge in [0.2, 0.25) is 0 Å². The van der Waals surface area contributed by atoms with Crippen molar-refractivity contribution in [2.24, 2.45) is 0 Å². The maximum Gasteiger partial charge on any atom is 0.322 e. The maximum absolute atomic E-state index is 13.1. The van der Waals surface area contributed by atoms with Crippen LogP contribution in [0.2, 0.25) is 0 Å². The van der Waals surface area contributed by atoms with Crippen molar-refractivity contribution in [3.63, 3.8) is 0 Å². The van der Waals surface area contributed by atoms with E-state index in [0.29, 0.717) is 6.54 Å². The van der Waals surface area contributed by atoms with Gasteiger partial charge in [-0.05, 0) is 48.4 Å². The molecule has 132 valence electrons. The fourth-order valence-corrected chi connectivity index (χ4v) is 4.02. The van der Waals surface area contributed by atoms with Gasteiger partial charge in [-0.3, -0.25) is 0 Å². The number of halogens is 1. The number of para-hydroxylation sites is 1. The Kier molecular flexibility index (Phi) is 4.55. The zero-order valence-corrected chi connectivity index (χ0v) is 16.1. The Balaban J connectivity index is 1.73. The molecule has 0 unspecified atom stereocenters. The van der Waals surface area contributed by atoms with Crippen LogP contribution >= 0.6 is 15.9 Å². The number of fused-ring (bicyclic) bond motifs is 3. The number of rotatable bonds is 2. The van der Waals surface area contributed by atoms with E-state index in [1.807, 2.05) is 47.4 Å². The Hall–Kier alpha value is -2.53. The molecule has 1 aliphatic heterocycles. The van der Waals surface area contributed by atoms with E-state index in [4.69, 9.17) is 0 Å². The van der Waals surface area contributed by atoms with Gasteiger partial charge < -0.3 is 14.8 Å². The van der Waals surface area contributed by atoms with Gasteiger partial charge in [-0.15, -0.1) is 0 Å². The zero-order valence-electron chi connectivity index (χ0n) is 14.5. The predicted molar refractivity (Wildman–Crippen MR) is 108 cm³/mol. The molecule has 4 nitrogen and oxygen atoms in total. The van der Waals surface area contributed by atoms with Crippen LogP contribution in [0.5, 0.6) is 0 Å². The highest BCUT2D eigenvalue weighted by Crippen LogP contribution is 2.34. The lowest BCUT2D eigenvalue weighted by molar-refractivity contribution is 0.181. The molecule has 26 heavy (non-hydrogen) atoms. The van der Waals surface area contributed by atoms with Gasteiger partial charge in [-0.25, -0.2) is 4.79 Å². The SMILES string of the molecule is CC[C@@H]1c2cccn2-c2ccccc2CN1C(=O)Nc1cccc(Br)c1. The highest BCUT2D eigenvalue weighted by Gasteiger charge is 2.30. The Labute approximate surface area is 161 Å². The number of anilines is 1. The van der Waals surface area contributed by atoms with Crippen molar-refractivity contribution in [3.05, 3.63) is 82.6 Å². The fraction of sp³-hybridized carbons (Fsp3) is 0.190. The molecule has 0 saturated carbocycles. The first-order valence-corrected chi connectivity index (χ1v) is 9.55. The number of nitrogens with zero attached hydrogens (tertiary/aromatic N) is 2. The molecule has 3 aromatic rings. The van der Waals surface area contributed by atoms with Gasteiger partial charge in [-0.1, -0.05) is 47.1 Å². The number of carbonyl (C=O) groups is 1. The van der Waals surface area contributed by atoms with Crippen LogP contribution in [0.1, 0.15) is 30.6 Å². The van der Waals surface area contributed by atoms with Gasteiger partial charge in [0, 0.05) is 22.1 Å². The molecule has 0 bridgehead atoms. The van der Waals surface area contributed by atoms with Crippen LogP contribution in [0.3, 0.4) is 0 Å². The first kappa shape index (κ1) is 16.9. The van der Waals surface area contributed by atoms with E-state index in [-0.39, 0.29) is 12.1 Å². The standard InChI is InChI=1S/C21H20BrN3O/c1-2-18-20-11-6-12-24(20)19-10-4-3-7-15(19)14-25(18)21(26)23-17-9-5-8-16(22)13-17/h3-13,18H,2,14H2,1H3,(H,23,26)/t18-/m1/s1. The molecule has 2 amide bonds. The van der Waals surface area contributed by atoms with Crippen molar-refractivity contribution in [2.45, 2.75) is 25.9 Å². The number of hydrogen-bond donors (Lipinski definition) is 1. The quantitative estimate of drug-likeness (QED) is 0.575. The van der Waals surface area contributed by atoms with E-state index in [2.05, 4.69) is 57.1 Å². The van der Waals surface area contributed by atoms with Crippen molar-refractivity contribution in [1.82, 2.24) is 9.47 Å². The molecule has 2 heterocycles. The lowest BCUT2D eigenvalue weighted by Crippen LogP contribution is -2.37. The molecular formula is C21H20BrN3O. The highest BCUT2D eigenvalue weighted by molar-refractivity contribution is 9.10. The third-order valence-electron chi connectivity index (χ3n) is 4.81. The fourth-order valence-electron chi connectivity index (χ4n) is 3.62. The summed E-state index contributed by atoms with van der Waals surface area (Å²) in [7, 11) is 0.